The first-order chi connectivity index (χ1) is 10.2. The normalized spacial score (nSPS) is 19.9. The van der Waals surface area contributed by atoms with E-state index in [9.17, 15) is 13.2 Å². The van der Waals surface area contributed by atoms with Gasteiger partial charge in [0.15, 0.2) is 0 Å². The molecule has 0 radical (unpaired) electrons. The highest BCUT2D eigenvalue weighted by atomic mass is 32.2. The van der Waals surface area contributed by atoms with Gasteiger partial charge in [-0.05, 0) is 44.4 Å². The Morgan fingerprint density at radius 2 is 1.95 bits per heavy atom. The minimum atomic E-state index is -3.55. The number of nitrogens with zero attached hydrogens (tertiary/aromatic N) is 2. The van der Waals surface area contributed by atoms with E-state index in [1.165, 1.54) is 11.0 Å². The Morgan fingerprint density at radius 3 is 2.55 bits per heavy atom. The molecule has 22 heavy (non-hydrogen) atoms. The molecule has 1 unspecified atom stereocenters. The third kappa shape index (κ3) is 3.17. The predicted molar refractivity (Wildman–Crippen MR) is 86.4 cm³/mol. The summed E-state index contributed by atoms with van der Waals surface area (Å²) in [5, 5.41) is 0. The van der Waals surface area contributed by atoms with Gasteiger partial charge in [0.25, 0.3) is 5.91 Å². The fourth-order valence-corrected chi connectivity index (χ4v) is 4.52. The average molecular weight is 324 g/mol. The Balaban J connectivity index is 2.44. The molecule has 5 nitrogen and oxygen atoms in total. The number of piperidine rings is 1. The summed E-state index contributed by atoms with van der Waals surface area (Å²) in [6.45, 7) is 4.31. The van der Waals surface area contributed by atoms with Crippen LogP contribution in [-0.2, 0) is 10.0 Å². The largest absolute Gasteiger partial charge is 0.345 e. The van der Waals surface area contributed by atoms with Crippen LogP contribution in [0.15, 0.2) is 23.1 Å². The van der Waals surface area contributed by atoms with Crippen LogP contribution in [0, 0.1) is 6.92 Å². The number of benzene rings is 1. The Morgan fingerprint density at radius 1 is 1.27 bits per heavy atom. The second-order valence-corrected chi connectivity index (χ2v) is 8.03. The highest BCUT2D eigenvalue weighted by molar-refractivity contribution is 7.89. The molecule has 0 aromatic heterocycles. The molecule has 1 amide bonds. The third-order valence-electron chi connectivity index (χ3n) is 4.19. The van der Waals surface area contributed by atoms with Gasteiger partial charge in [-0.3, -0.25) is 4.79 Å². The molecule has 1 heterocycles. The standard InChI is InChI=1S/C16H24N2O3S/c1-12-8-9-14(11-15(12)16(19)17(3)4)22(20,21)18-10-6-5-7-13(18)2/h8-9,11,13H,5-7,10H2,1-4H3. The van der Waals surface area contributed by atoms with Crippen molar-refractivity contribution in [1.29, 1.82) is 0 Å². The zero-order valence-electron chi connectivity index (χ0n) is 13.7. The molecule has 0 aliphatic carbocycles. The number of carbonyl (C=O) groups excluding carboxylic acids is 1. The zero-order chi connectivity index (χ0) is 16.5. The van der Waals surface area contributed by atoms with Crippen molar-refractivity contribution in [3.63, 3.8) is 0 Å². The summed E-state index contributed by atoms with van der Waals surface area (Å²) < 4.78 is 27.3. The molecular formula is C16H24N2O3S. The van der Waals surface area contributed by atoms with Crippen molar-refractivity contribution >= 4 is 15.9 Å². The number of sulfonamides is 1. The Bertz CT molecular complexity index is 668. The minimum Gasteiger partial charge on any atom is -0.345 e. The summed E-state index contributed by atoms with van der Waals surface area (Å²) in [4.78, 5) is 13.9. The first kappa shape index (κ1) is 17.0. The van der Waals surface area contributed by atoms with Crippen LogP contribution in [-0.4, -0.2) is 50.2 Å². The monoisotopic (exact) mass is 324 g/mol. The SMILES string of the molecule is Cc1ccc(S(=O)(=O)N2CCCCC2C)cc1C(=O)N(C)C. The Labute approximate surface area is 133 Å². The lowest BCUT2D eigenvalue weighted by atomic mass is 10.1. The number of rotatable bonds is 3. The van der Waals surface area contributed by atoms with Crippen LogP contribution in [0.5, 0.6) is 0 Å². The lowest BCUT2D eigenvalue weighted by Gasteiger charge is -2.32. The van der Waals surface area contributed by atoms with Crippen molar-refractivity contribution in [2.45, 2.75) is 44.0 Å². The van der Waals surface area contributed by atoms with Crippen LogP contribution in [0.4, 0.5) is 0 Å². The first-order valence-electron chi connectivity index (χ1n) is 7.59. The Kier molecular flexibility index (Phi) is 4.92. The maximum Gasteiger partial charge on any atom is 0.253 e. The smallest absolute Gasteiger partial charge is 0.253 e. The van der Waals surface area contributed by atoms with Crippen molar-refractivity contribution in [2.24, 2.45) is 0 Å². The highest BCUT2D eigenvalue weighted by Crippen LogP contribution is 2.26. The molecule has 0 bridgehead atoms. The second kappa shape index (κ2) is 6.38. The van der Waals surface area contributed by atoms with Crippen LogP contribution in [0.1, 0.15) is 42.1 Å². The molecule has 6 heteroatoms. The van der Waals surface area contributed by atoms with Gasteiger partial charge in [-0.2, -0.15) is 4.31 Å². The van der Waals surface area contributed by atoms with Gasteiger partial charge < -0.3 is 4.90 Å². The lowest BCUT2D eigenvalue weighted by Crippen LogP contribution is -2.42. The van der Waals surface area contributed by atoms with Gasteiger partial charge >= 0.3 is 0 Å². The first-order valence-corrected chi connectivity index (χ1v) is 9.03. The maximum atomic E-state index is 12.9. The molecule has 1 aromatic rings. The van der Waals surface area contributed by atoms with E-state index in [0.717, 1.165) is 24.8 Å². The zero-order valence-corrected chi connectivity index (χ0v) is 14.5. The van der Waals surface area contributed by atoms with Crippen LogP contribution >= 0.6 is 0 Å². The lowest BCUT2D eigenvalue weighted by molar-refractivity contribution is 0.0826. The summed E-state index contributed by atoms with van der Waals surface area (Å²) in [7, 11) is -0.222. The minimum absolute atomic E-state index is 0.00746. The molecule has 1 saturated heterocycles. The van der Waals surface area contributed by atoms with Crippen molar-refractivity contribution in [3.8, 4) is 0 Å². The number of hydrogen-bond donors (Lipinski definition) is 0. The van der Waals surface area contributed by atoms with Gasteiger partial charge in [-0.1, -0.05) is 12.5 Å². The van der Waals surface area contributed by atoms with E-state index in [1.807, 2.05) is 13.8 Å². The molecular weight excluding hydrogens is 300 g/mol. The maximum absolute atomic E-state index is 12.9. The van der Waals surface area contributed by atoms with Gasteiger partial charge in [-0.25, -0.2) is 8.42 Å². The van der Waals surface area contributed by atoms with Crippen molar-refractivity contribution in [2.75, 3.05) is 20.6 Å². The number of amides is 1. The summed E-state index contributed by atoms with van der Waals surface area (Å²) >= 11 is 0. The van der Waals surface area contributed by atoms with Crippen molar-refractivity contribution in [1.82, 2.24) is 9.21 Å². The molecule has 1 aliphatic rings. The number of carbonyl (C=O) groups is 1. The van der Waals surface area contributed by atoms with E-state index in [1.54, 1.807) is 30.5 Å². The van der Waals surface area contributed by atoms with E-state index in [2.05, 4.69) is 0 Å². The molecule has 0 spiro atoms. The fourth-order valence-electron chi connectivity index (χ4n) is 2.80. The predicted octanol–water partition coefficient (Wildman–Crippen LogP) is 2.26. The van der Waals surface area contributed by atoms with Gasteiger partial charge in [0.1, 0.15) is 0 Å². The fraction of sp³-hybridized carbons (Fsp3) is 0.562. The van der Waals surface area contributed by atoms with E-state index >= 15 is 0 Å². The van der Waals surface area contributed by atoms with Gasteiger partial charge in [0.05, 0.1) is 4.90 Å². The summed E-state index contributed by atoms with van der Waals surface area (Å²) in [5.41, 5.74) is 1.22. The van der Waals surface area contributed by atoms with Crippen LogP contribution in [0.3, 0.4) is 0 Å². The topological polar surface area (TPSA) is 57.7 Å². The summed E-state index contributed by atoms with van der Waals surface area (Å²) in [6.07, 6.45) is 2.83. The molecule has 0 N–H and O–H groups in total. The third-order valence-corrected chi connectivity index (χ3v) is 6.20. The van der Waals surface area contributed by atoms with Crippen LogP contribution in [0.25, 0.3) is 0 Å². The van der Waals surface area contributed by atoms with Crippen molar-refractivity contribution in [3.05, 3.63) is 29.3 Å². The van der Waals surface area contributed by atoms with Crippen molar-refractivity contribution < 1.29 is 13.2 Å². The van der Waals surface area contributed by atoms with E-state index in [0.29, 0.717) is 12.1 Å². The molecule has 0 saturated carbocycles. The number of hydrogen-bond acceptors (Lipinski definition) is 3. The quantitative estimate of drug-likeness (QED) is 0.857. The second-order valence-electron chi connectivity index (χ2n) is 6.14. The Hall–Kier alpha value is -1.40. The van der Waals surface area contributed by atoms with Crippen LogP contribution in [0.2, 0.25) is 0 Å². The average Bonchev–Trinajstić information content (AvgIpc) is 2.47. The summed E-state index contributed by atoms with van der Waals surface area (Å²) in [5.74, 6) is -0.179. The highest BCUT2D eigenvalue weighted by Gasteiger charge is 2.31. The molecule has 1 fully saturated rings. The molecule has 1 aliphatic heterocycles. The molecule has 1 atom stereocenters. The summed E-state index contributed by atoms with van der Waals surface area (Å²) in [6, 6.07) is 4.82. The molecule has 122 valence electrons. The van der Waals surface area contributed by atoms with E-state index < -0.39 is 10.0 Å². The van der Waals surface area contributed by atoms with Crippen LogP contribution < -0.4 is 0 Å². The van der Waals surface area contributed by atoms with Gasteiger partial charge in [0.2, 0.25) is 10.0 Å². The van der Waals surface area contributed by atoms with Gasteiger partial charge in [-0.15, -0.1) is 0 Å². The molecule has 2 rings (SSSR count). The van der Waals surface area contributed by atoms with E-state index in [4.69, 9.17) is 0 Å². The van der Waals surface area contributed by atoms with E-state index in [-0.39, 0.29) is 16.8 Å². The number of aryl methyl sites for hydroxylation is 1. The molecule has 1 aromatic carbocycles. The van der Waals surface area contributed by atoms with Gasteiger partial charge in [0, 0.05) is 32.2 Å².